The third-order valence-electron chi connectivity index (χ3n) is 5.17. The number of imide groups is 1. The van der Waals surface area contributed by atoms with Crippen molar-refractivity contribution >= 4 is 17.4 Å². The second-order valence-corrected chi connectivity index (χ2v) is 7.62. The average molecular weight is 387 g/mol. The number of benzene rings is 1. The lowest BCUT2D eigenvalue weighted by Gasteiger charge is -2.36. The smallest absolute Gasteiger partial charge is 0.277 e. The van der Waals surface area contributed by atoms with Crippen LogP contribution in [0.15, 0.2) is 30.0 Å². The molecule has 1 saturated heterocycles. The van der Waals surface area contributed by atoms with E-state index in [1.807, 2.05) is 43.0 Å². The van der Waals surface area contributed by atoms with Gasteiger partial charge < -0.3 is 14.7 Å². The van der Waals surface area contributed by atoms with Crippen molar-refractivity contribution in [3.8, 4) is 5.75 Å². The van der Waals surface area contributed by atoms with Crippen molar-refractivity contribution < 1.29 is 19.4 Å². The molecule has 152 valence electrons. The molecule has 0 bridgehead atoms. The summed E-state index contributed by atoms with van der Waals surface area (Å²) in [4.78, 5) is 31.9. The van der Waals surface area contributed by atoms with Crippen LogP contribution in [0.4, 0.5) is 0 Å². The largest absolute Gasteiger partial charge is 0.497 e. The number of nitrogens with zero attached hydrogens (tertiary/aromatic N) is 3. The van der Waals surface area contributed by atoms with Crippen LogP contribution in [0.3, 0.4) is 0 Å². The molecule has 1 aromatic carbocycles. The van der Waals surface area contributed by atoms with Crippen LogP contribution < -0.4 is 4.74 Å². The van der Waals surface area contributed by atoms with Crippen molar-refractivity contribution in [3.63, 3.8) is 0 Å². The summed E-state index contributed by atoms with van der Waals surface area (Å²) in [5.41, 5.74) is 1.71. The number of rotatable bonds is 7. The van der Waals surface area contributed by atoms with Gasteiger partial charge in [-0.1, -0.05) is 26.0 Å². The fraction of sp³-hybridized carbons (Fsp3) is 0.524. The second-order valence-electron chi connectivity index (χ2n) is 7.62. The number of carbonyl (C=O) groups is 2. The van der Waals surface area contributed by atoms with Gasteiger partial charge in [-0.25, -0.2) is 0 Å². The van der Waals surface area contributed by atoms with Gasteiger partial charge in [-0.2, -0.15) is 0 Å². The molecule has 2 aliphatic heterocycles. The normalized spacial score (nSPS) is 18.6. The molecule has 3 rings (SSSR count). The molecule has 0 saturated carbocycles. The van der Waals surface area contributed by atoms with E-state index in [1.165, 1.54) is 4.90 Å². The fourth-order valence-corrected chi connectivity index (χ4v) is 3.74. The Labute approximate surface area is 166 Å². The molecule has 28 heavy (non-hydrogen) atoms. The zero-order valence-corrected chi connectivity index (χ0v) is 16.9. The number of β-amino-alcohol motifs (C(OH)–C–C–N with tert-alkyl or cyclic N) is 1. The van der Waals surface area contributed by atoms with E-state index in [9.17, 15) is 9.59 Å². The molecule has 0 aliphatic carbocycles. The van der Waals surface area contributed by atoms with Gasteiger partial charge in [0.1, 0.15) is 11.4 Å². The number of hydrogen-bond acceptors (Lipinski definition) is 6. The summed E-state index contributed by atoms with van der Waals surface area (Å²) in [5, 5.41) is 9.14. The van der Waals surface area contributed by atoms with E-state index in [4.69, 9.17) is 9.84 Å². The van der Waals surface area contributed by atoms with Crippen LogP contribution in [0.5, 0.6) is 5.75 Å². The summed E-state index contributed by atoms with van der Waals surface area (Å²) in [6.07, 6.45) is 0. The Balaban J connectivity index is 1.94. The number of methoxy groups -OCH3 is 1. The quantitative estimate of drug-likeness (QED) is 0.705. The lowest BCUT2D eigenvalue weighted by Crippen LogP contribution is -2.48. The number of amides is 2. The van der Waals surface area contributed by atoms with Crippen LogP contribution >= 0.6 is 0 Å². The van der Waals surface area contributed by atoms with Crippen molar-refractivity contribution in [1.29, 1.82) is 0 Å². The predicted octanol–water partition coefficient (Wildman–Crippen LogP) is 1.04. The zero-order chi connectivity index (χ0) is 20.3. The van der Waals surface area contributed by atoms with Crippen LogP contribution in [-0.2, 0) is 9.59 Å². The highest BCUT2D eigenvalue weighted by molar-refractivity contribution is 6.35. The molecule has 0 spiro atoms. The minimum Gasteiger partial charge on any atom is -0.497 e. The van der Waals surface area contributed by atoms with Gasteiger partial charge in [0.05, 0.1) is 19.3 Å². The molecule has 2 heterocycles. The Morgan fingerprint density at radius 3 is 2.21 bits per heavy atom. The van der Waals surface area contributed by atoms with E-state index in [0.29, 0.717) is 43.2 Å². The first-order chi connectivity index (χ1) is 13.5. The van der Waals surface area contributed by atoms with Gasteiger partial charge in [-0.15, -0.1) is 0 Å². The summed E-state index contributed by atoms with van der Waals surface area (Å²) < 4.78 is 5.22. The minimum atomic E-state index is -0.225. The fourth-order valence-electron chi connectivity index (χ4n) is 3.74. The molecule has 7 nitrogen and oxygen atoms in total. The van der Waals surface area contributed by atoms with Gasteiger partial charge in [0.2, 0.25) is 0 Å². The van der Waals surface area contributed by atoms with Gasteiger partial charge in [0.15, 0.2) is 0 Å². The van der Waals surface area contributed by atoms with Gasteiger partial charge in [0, 0.05) is 39.3 Å². The number of carbonyl (C=O) groups excluding carboxylic acids is 2. The highest BCUT2D eigenvalue weighted by Crippen LogP contribution is 2.33. The molecule has 2 aliphatic rings. The van der Waals surface area contributed by atoms with Crippen molar-refractivity contribution in [2.45, 2.75) is 13.8 Å². The van der Waals surface area contributed by atoms with E-state index in [-0.39, 0.29) is 24.3 Å². The lowest BCUT2D eigenvalue weighted by atomic mass is 10.0. The van der Waals surface area contributed by atoms with E-state index < -0.39 is 0 Å². The molecule has 0 atom stereocenters. The van der Waals surface area contributed by atoms with Crippen molar-refractivity contribution in [2.75, 3.05) is 53.0 Å². The Bertz CT molecular complexity index is 749. The molecule has 1 aromatic rings. The summed E-state index contributed by atoms with van der Waals surface area (Å²) in [7, 11) is 1.60. The molecule has 1 fully saturated rings. The number of ether oxygens (including phenoxy) is 1. The molecule has 7 heteroatoms. The van der Waals surface area contributed by atoms with Gasteiger partial charge >= 0.3 is 0 Å². The molecule has 0 unspecified atom stereocenters. The van der Waals surface area contributed by atoms with Gasteiger partial charge in [-0.3, -0.25) is 19.4 Å². The first-order valence-electron chi connectivity index (χ1n) is 9.79. The molecule has 2 amide bonds. The first kappa shape index (κ1) is 20.4. The van der Waals surface area contributed by atoms with Crippen LogP contribution in [0.25, 0.3) is 5.57 Å². The SMILES string of the molecule is COc1ccc(C2=C(N3CCN(CCO)CC3)C(=O)N(CC(C)C)C2=O)cc1. The molecule has 0 radical (unpaired) electrons. The molecular weight excluding hydrogens is 358 g/mol. The Morgan fingerprint density at radius 1 is 1.04 bits per heavy atom. The summed E-state index contributed by atoms with van der Waals surface area (Å²) in [6, 6.07) is 7.28. The third kappa shape index (κ3) is 4.05. The Hall–Kier alpha value is -2.38. The van der Waals surface area contributed by atoms with Crippen LogP contribution in [-0.4, -0.2) is 84.6 Å². The monoisotopic (exact) mass is 387 g/mol. The van der Waals surface area contributed by atoms with Crippen molar-refractivity contribution in [3.05, 3.63) is 35.5 Å². The van der Waals surface area contributed by atoms with Crippen molar-refractivity contribution in [2.24, 2.45) is 5.92 Å². The topological polar surface area (TPSA) is 73.3 Å². The molecule has 0 aromatic heterocycles. The van der Waals surface area contributed by atoms with E-state index in [2.05, 4.69) is 4.90 Å². The summed E-state index contributed by atoms with van der Waals surface area (Å²) in [5.74, 6) is 0.474. The number of aliphatic hydroxyl groups is 1. The lowest BCUT2D eigenvalue weighted by molar-refractivity contribution is -0.138. The average Bonchev–Trinajstić information content (AvgIpc) is 2.93. The second kappa shape index (κ2) is 8.75. The highest BCUT2D eigenvalue weighted by atomic mass is 16.5. The Morgan fingerprint density at radius 2 is 1.68 bits per heavy atom. The van der Waals surface area contributed by atoms with E-state index >= 15 is 0 Å². The van der Waals surface area contributed by atoms with Crippen LogP contribution in [0.1, 0.15) is 19.4 Å². The molecular formula is C21H29N3O4. The maximum absolute atomic E-state index is 13.2. The minimum absolute atomic E-state index is 0.124. The van der Waals surface area contributed by atoms with Crippen LogP contribution in [0.2, 0.25) is 0 Å². The van der Waals surface area contributed by atoms with E-state index in [0.717, 1.165) is 18.7 Å². The summed E-state index contributed by atoms with van der Waals surface area (Å²) >= 11 is 0. The maximum Gasteiger partial charge on any atom is 0.277 e. The Kier molecular flexibility index (Phi) is 6.36. The number of aliphatic hydroxyl groups excluding tert-OH is 1. The maximum atomic E-state index is 13.2. The van der Waals surface area contributed by atoms with Crippen LogP contribution in [0, 0.1) is 5.92 Å². The van der Waals surface area contributed by atoms with Gasteiger partial charge in [0.25, 0.3) is 11.8 Å². The first-order valence-corrected chi connectivity index (χ1v) is 9.79. The van der Waals surface area contributed by atoms with E-state index in [1.54, 1.807) is 7.11 Å². The predicted molar refractivity (Wildman–Crippen MR) is 107 cm³/mol. The molecule has 1 N–H and O–H groups in total. The zero-order valence-electron chi connectivity index (χ0n) is 16.9. The standard InChI is InChI=1S/C21H29N3O4/c1-15(2)14-24-20(26)18(16-4-6-17(28-3)7-5-16)19(21(24)27)23-10-8-22(9-11-23)12-13-25/h4-7,15,25H,8-14H2,1-3H3. The van der Waals surface area contributed by atoms with Crippen molar-refractivity contribution in [1.82, 2.24) is 14.7 Å². The number of piperazine rings is 1. The highest BCUT2D eigenvalue weighted by Gasteiger charge is 2.42. The summed E-state index contributed by atoms with van der Waals surface area (Å²) in [6.45, 7) is 7.98. The number of hydrogen-bond donors (Lipinski definition) is 1. The third-order valence-corrected chi connectivity index (χ3v) is 5.17. The van der Waals surface area contributed by atoms with Gasteiger partial charge in [-0.05, 0) is 23.6 Å².